The molecule has 0 saturated carbocycles. The van der Waals surface area contributed by atoms with Crippen molar-refractivity contribution in [2.45, 2.75) is 12.8 Å². The fraction of sp³-hybridized carbons (Fsp3) is 0.263. The first-order valence-corrected chi connectivity index (χ1v) is 8.34. The molecular weight excluding hydrogens is 354 g/mol. The highest BCUT2D eigenvalue weighted by atomic mass is 35.5. The van der Waals surface area contributed by atoms with Crippen LogP contribution in [0.2, 0.25) is 0 Å². The zero-order valence-corrected chi connectivity index (χ0v) is 15.6. The van der Waals surface area contributed by atoms with Gasteiger partial charge >= 0.3 is 0 Å². The van der Waals surface area contributed by atoms with E-state index in [0.29, 0.717) is 17.7 Å². The van der Waals surface area contributed by atoms with Crippen molar-refractivity contribution in [2.24, 2.45) is 4.99 Å². The van der Waals surface area contributed by atoms with Crippen molar-refractivity contribution in [3.63, 3.8) is 0 Å². The lowest BCUT2D eigenvalue weighted by Crippen LogP contribution is -2.05. The van der Waals surface area contributed by atoms with Crippen LogP contribution in [0.25, 0.3) is 6.08 Å². The molecule has 0 unspecified atom stereocenters. The van der Waals surface area contributed by atoms with Gasteiger partial charge in [0.25, 0.3) is 5.24 Å². The Morgan fingerprint density at radius 2 is 2.12 bits per heavy atom. The minimum Gasteiger partial charge on any atom is -0.388 e. The fourth-order valence-corrected chi connectivity index (χ4v) is 2.13. The maximum atomic E-state index is 11.5. The molecule has 0 aromatic carbocycles. The number of aliphatic imine (C=N–C) groups is 1. The van der Waals surface area contributed by atoms with E-state index in [9.17, 15) is 9.59 Å². The molecule has 0 saturated heterocycles. The number of hydrogen-bond donors (Lipinski definition) is 1. The number of aromatic nitrogens is 1. The normalized spacial score (nSPS) is 13.3. The number of halogens is 1. The van der Waals surface area contributed by atoms with Gasteiger partial charge in [-0.1, -0.05) is 24.3 Å². The summed E-state index contributed by atoms with van der Waals surface area (Å²) < 4.78 is 4.25. The van der Waals surface area contributed by atoms with Crippen molar-refractivity contribution in [1.29, 1.82) is 0 Å². The first-order chi connectivity index (χ1) is 12.6. The van der Waals surface area contributed by atoms with Gasteiger partial charge in [-0.2, -0.15) is 0 Å². The van der Waals surface area contributed by atoms with Crippen LogP contribution in [0.4, 0.5) is 5.69 Å². The standard InChI is InChI=1S/C17H16ClN3O2.C2H6O/c18-17(23)16-15(20-12-19-10-11-22)9-8-14(21-16)7-6-13-4-2-1-3-5-13;1-3-2/h2,4-9,11-12H,1,3,10H2,(H,19,20);1-2H3/b7-6+;. The van der Waals surface area contributed by atoms with E-state index in [4.69, 9.17) is 11.6 Å². The molecule has 0 atom stereocenters. The van der Waals surface area contributed by atoms with Crippen molar-refractivity contribution in [3.8, 4) is 0 Å². The number of anilines is 1. The first kappa shape index (κ1) is 21.5. The Morgan fingerprint density at radius 3 is 2.73 bits per heavy atom. The summed E-state index contributed by atoms with van der Waals surface area (Å²) in [4.78, 5) is 29.8. The summed E-state index contributed by atoms with van der Waals surface area (Å²) in [6.45, 7) is 0.0496. The van der Waals surface area contributed by atoms with Crippen LogP contribution in [-0.4, -0.2) is 43.6 Å². The number of allylic oxidation sites excluding steroid dienone is 5. The van der Waals surface area contributed by atoms with E-state index in [2.05, 4.69) is 32.2 Å². The number of ether oxygens (including phenoxy) is 1. The van der Waals surface area contributed by atoms with Gasteiger partial charge < -0.3 is 14.8 Å². The highest BCUT2D eigenvalue weighted by Gasteiger charge is 2.10. The number of nitrogens with zero attached hydrogens (tertiary/aromatic N) is 2. The summed E-state index contributed by atoms with van der Waals surface area (Å²) in [6.07, 6.45) is 14.2. The summed E-state index contributed by atoms with van der Waals surface area (Å²) >= 11 is 5.58. The number of hydrogen-bond acceptors (Lipinski definition) is 5. The molecule has 1 aliphatic carbocycles. The van der Waals surface area contributed by atoms with E-state index < -0.39 is 5.24 Å². The van der Waals surface area contributed by atoms with E-state index >= 15 is 0 Å². The second-order valence-electron chi connectivity index (χ2n) is 5.14. The summed E-state index contributed by atoms with van der Waals surface area (Å²) in [6, 6.07) is 3.46. The minimum atomic E-state index is -0.664. The lowest BCUT2D eigenvalue weighted by atomic mass is 10.1. The average molecular weight is 376 g/mol. The Morgan fingerprint density at radius 1 is 1.35 bits per heavy atom. The number of methoxy groups -OCH3 is 1. The summed E-state index contributed by atoms with van der Waals surface area (Å²) in [5, 5.41) is 2.13. The van der Waals surface area contributed by atoms with Gasteiger partial charge in [0.05, 0.1) is 24.3 Å². The van der Waals surface area contributed by atoms with Crippen molar-refractivity contribution >= 4 is 41.2 Å². The molecule has 1 aromatic rings. The minimum absolute atomic E-state index is 0.0496. The van der Waals surface area contributed by atoms with Crippen LogP contribution in [0.15, 0.2) is 47.0 Å². The number of carbonyl (C=O) groups is 2. The van der Waals surface area contributed by atoms with E-state index in [-0.39, 0.29) is 12.2 Å². The molecule has 1 heterocycles. The van der Waals surface area contributed by atoms with E-state index in [1.54, 1.807) is 26.4 Å². The zero-order chi connectivity index (χ0) is 19.2. The Labute approximate surface area is 158 Å². The van der Waals surface area contributed by atoms with E-state index in [0.717, 1.165) is 18.4 Å². The number of nitrogens with one attached hydrogen (secondary N) is 1. The average Bonchev–Trinajstić information content (AvgIpc) is 2.65. The van der Waals surface area contributed by atoms with Crippen LogP contribution in [0, 0.1) is 0 Å². The third kappa shape index (κ3) is 8.00. The Balaban J connectivity index is 0.00000105. The number of aldehydes is 1. The third-order valence-electron chi connectivity index (χ3n) is 3.06. The molecule has 0 spiro atoms. The van der Waals surface area contributed by atoms with Crippen LogP contribution in [0.5, 0.6) is 0 Å². The molecule has 0 amide bonds. The molecule has 138 valence electrons. The lowest BCUT2D eigenvalue weighted by molar-refractivity contribution is -0.106. The number of carbonyl (C=O) groups excluding carboxylic acids is 2. The van der Waals surface area contributed by atoms with Crippen molar-refractivity contribution < 1.29 is 14.3 Å². The van der Waals surface area contributed by atoms with E-state index in [1.165, 1.54) is 6.34 Å². The van der Waals surface area contributed by atoms with Gasteiger partial charge in [-0.15, -0.1) is 0 Å². The molecule has 7 heteroatoms. The first-order valence-electron chi connectivity index (χ1n) is 7.96. The molecule has 1 aliphatic rings. The molecule has 0 bridgehead atoms. The molecule has 0 radical (unpaired) electrons. The van der Waals surface area contributed by atoms with Crippen LogP contribution in [0.3, 0.4) is 0 Å². The second kappa shape index (κ2) is 12.7. The molecule has 6 nitrogen and oxygen atoms in total. The molecule has 2 rings (SSSR count). The van der Waals surface area contributed by atoms with Gasteiger partial charge in [-0.05, 0) is 48.2 Å². The summed E-state index contributed by atoms with van der Waals surface area (Å²) in [5.41, 5.74) is 2.29. The lowest BCUT2D eigenvalue weighted by Gasteiger charge is -2.06. The maximum absolute atomic E-state index is 11.5. The third-order valence-corrected chi connectivity index (χ3v) is 3.24. The largest absolute Gasteiger partial charge is 0.388 e. The van der Waals surface area contributed by atoms with Gasteiger partial charge in [0.1, 0.15) is 12.0 Å². The molecule has 1 N–H and O–H groups in total. The van der Waals surface area contributed by atoms with Crippen LogP contribution in [-0.2, 0) is 9.53 Å². The number of rotatable bonds is 7. The molecule has 0 aliphatic heterocycles. The smallest absolute Gasteiger partial charge is 0.272 e. The second-order valence-corrected chi connectivity index (χ2v) is 5.48. The highest BCUT2D eigenvalue weighted by Crippen LogP contribution is 2.18. The Bertz CT molecular complexity index is 725. The topological polar surface area (TPSA) is 80.7 Å². The summed E-state index contributed by atoms with van der Waals surface area (Å²) in [5.74, 6) is 0. The number of pyridine rings is 1. The SMILES string of the molecule is COC.O=CCN=CNc1ccc(/C=C/C2=CCCC=C2)nc1C(=O)Cl. The molecular formula is C19H22ClN3O3. The van der Waals surface area contributed by atoms with Crippen molar-refractivity contribution in [2.75, 3.05) is 26.1 Å². The molecule has 0 fully saturated rings. The molecule has 26 heavy (non-hydrogen) atoms. The fourth-order valence-electron chi connectivity index (χ4n) is 1.98. The monoisotopic (exact) mass is 375 g/mol. The van der Waals surface area contributed by atoms with Gasteiger partial charge in [0.2, 0.25) is 0 Å². The van der Waals surface area contributed by atoms with Crippen LogP contribution in [0.1, 0.15) is 29.0 Å². The maximum Gasteiger partial charge on any atom is 0.272 e. The van der Waals surface area contributed by atoms with E-state index in [1.807, 2.05) is 18.2 Å². The highest BCUT2D eigenvalue weighted by molar-refractivity contribution is 6.68. The predicted molar refractivity (Wildman–Crippen MR) is 106 cm³/mol. The quantitative estimate of drug-likeness (QED) is 0.340. The van der Waals surface area contributed by atoms with Gasteiger partial charge in [0, 0.05) is 14.2 Å². The van der Waals surface area contributed by atoms with Gasteiger partial charge in [-0.3, -0.25) is 9.79 Å². The van der Waals surface area contributed by atoms with Crippen molar-refractivity contribution in [1.82, 2.24) is 4.98 Å². The van der Waals surface area contributed by atoms with Gasteiger partial charge in [-0.25, -0.2) is 4.98 Å². The van der Waals surface area contributed by atoms with Gasteiger partial charge in [0.15, 0.2) is 0 Å². The summed E-state index contributed by atoms with van der Waals surface area (Å²) in [7, 11) is 3.25. The predicted octanol–water partition coefficient (Wildman–Crippen LogP) is 3.65. The zero-order valence-electron chi connectivity index (χ0n) is 14.8. The van der Waals surface area contributed by atoms with Crippen molar-refractivity contribution in [3.05, 3.63) is 53.4 Å². The Hall–Kier alpha value is -2.57. The van der Waals surface area contributed by atoms with Crippen LogP contribution >= 0.6 is 11.6 Å². The Kier molecular flexibility index (Phi) is 10.5. The molecule has 1 aromatic heterocycles. The van der Waals surface area contributed by atoms with Crippen LogP contribution < -0.4 is 5.32 Å².